The second kappa shape index (κ2) is 10.3. The molecule has 0 radical (unpaired) electrons. The Labute approximate surface area is 225 Å². The fourth-order valence-corrected chi connectivity index (χ4v) is 5.89. The zero-order valence-corrected chi connectivity index (χ0v) is 23.1. The van der Waals surface area contributed by atoms with E-state index in [-0.39, 0.29) is 22.5 Å². The first kappa shape index (κ1) is 28.1. The van der Waals surface area contributed by atoms with Gasteiger partial charge in [-0.25, -0.2) is 13.2 Å². The highest BCUT2D eigenvalue weighted by atomic mass is 79.9. The third-order valence-electron chi connectivity index (χ3n) is 5.88. The van der Waals surface area contributed by atoms with E-state index in [1.54, 1.807) is 18.3 Å². The Morgan fingerprint density at radius 1 is 0.947 bits per heavy atom. The van der Waals surface area contributed by atoms with Gasteiger partial charge < -0.3 is 9.79 Å². The first-order valence-electron chi connectivity index (χ1n) is 11.1. The second-order valence-corrected chi connectivity index (χ2v) is 13.2. The van der Waals surface area contributed by atoms with Crippen molar-refractivity contribution >= 4 is 33.4 Å². The van der Waals surface area contributed by atoms with Crippen LogP contribution in [0.5, 0.6) is 0 Å². The molecule has 0 aliphatic rings. The largest absolute Gasteiger partial charge is 0.399 e. The molecule has 0 atom stereocenters. The zero-order chi connectivity index (χ0) is 27.9. The van der Waals surface area contributed by atoms with Gasteiger partial charge in [0.15, 0.2) is 9.84 Å². The third-order valence-corrected chi connectivity index (χ3v) is 8.64. The summed E-state index contributed by atoms with van der Waals surface area (Å²) in [5, 5.41) is 0. The summed E-state index contributed by atoms with van der Waals surface area (Å²) in [4.78, 5) is 31.7. The number of sulfone groups is 1. The molecule has 0 amide bonds. The van der Waals surface area contributed by atoms with Crippen molar-refractivity contribution in [2.75, 3.05) is 6.26 Å². The van der Waals surface area contributed by atoms with E-state index < -0.39 is 34.3 Å². The minimum absolute atomic E-state index is 0.0514. The minimum atomic E-state index is -5.77. The lowest BCUT2D eigenvalue weighted by atomic mass is 10.1. The van der Waals surface area contributed by atoms with E-state index in [1.807, 2.05) is 30.3 Å². The van der Waals surface area contributed by atoms with Crippen molar-refractivity contribution in [2.45, 2.75) is 23.6 Å². The Morgan fingerprint density at radius 2 is 1.58 bits per heavy atom. The molecule has 0 aliphatic carbocycles. The summed E-state index contributed by atoms with van der Waals surface area (Å²) < 4.78 is 66.3. The Hall–Kier alpha value is -2.89. The maximum atomic E-state index is 14.3. The van der Waals surface area contributed by atoms with Crippen LogP contribution in [0, 0.1) is 0 Å². The topological polar surface area (TPSA) is 119 Å². The van der Waals surface area contributed by atoms with Crippen LogP contribution in [-0.2, 0) is 33.2 Å². The lowest BCUT2D eigenvalue weighted by Crippen LogP contribution is -2.25. The molecule has 0 fully saturated rings. The fourth-order valence-electron chi connectivity index (χ4n) is 3.92. The average molecular weight is 627 g/mol. The summed E-state index contributed by atoms with van der Waals surface area (Å²) in [5.74, 6) is 0. The van der Waals surface area contributed by atoms with Gasteiger partial charge in [0.25, 0.3) is 0 Å². The maximum Gasteiger partial charge on any atom is 0.399 e. The highest BCUT2D eigenvalue weighted by Gasteiger charge is 2.51. The molecule has 0 unspecified atom stereocenters. The SMILES string of the molecule is CS(=O)(=O)c1ccc(-c2cn(Cc3ccccc3)c(=O)n2Cc2ccc(C(F)(F)P(=O)(O)O)c(Br)c2)cc1. The maximum absolute atomic E-state index is 14.3. The van der Waals surface area contributed by atoms with Crippen molar-refractivity contribution in [3.8, 4) is 11.3 Å². The lowest BCUT2D eigenvalue weighted by molar-refractivity contribution is 0.0557. The molecule has 0 saturated heterocycles. The van der Waals surface area contributed by atoms with Crippen LogP contribution in [-0.4, -0.2) is 33.6 Å². The fraction of sp³-hybridized carbons (Fsp3) is 0.160. The Morgan fingerprint density at radius 3 is 2.13 bits per heavy atom. The Balaban J connectivity index is 1.78. The molecular formula is C25H22BrF2N2O6PS. The smallest absolute Gasteiger partial charge is 0.320 e. The highest BCUT2D eigenvalue weighted by Crippen LogP contribution is 2.60. The number of hydrogen-bond donors (Lipinski definition) is 2. The normalized spacial score (nSPS) is 12.6. The van der Waals surface area contributed by atoms with Gasteiger partial charge in [-0.3, -0.25) is 13.7 Å². The quantitative estimate of drug-likeness (QED) is 0.271. The van der Waals surface area contributed by atoms with Gasteiger partial charge in [-0.1, -0.05) is 70.5 Å². The van der Waals surface area contributed by atoms with Crippen molar-refractivity contribution in [3.63, 3.8) is 0 Å². The molecule has 3 aromatic carbocycles. The molecule has 0 aliphatic heterocycles. The van der Waals surface area contributed by atoms with E-state index in [0.717, 1.165) is 17.9 Å². The van der Waals surface area contributed by atoms with Gasteiger partial charge in [-0.15, -0.1) is 0 Å². The second-order valence-electron chi connectivity index (χ2n) is 8.69. The van der Waals surface area contributed by atoms with E-state index in [1.165, 1.54) is 33.4 Å². The van der Waals surface area contributed by atoms with Crippen molar-refractivity contribution < 1.29 is 31.6 Å². The van der Waals surface area contributed by atoms with Crippen LogP contribution < -0.4 is 5.69 Å². The molecule has 2 N–H and O–H groups in total. The van der Waals surface area contributed by atoms with Crippen molar-refractivity contribution in [2.24, 2.45) is 0 Å². The minimum Gasteiger partial charge on any atom is -0.320 e. The van der Waals surface area contributed by atoms with Gasteiger partial charge >= 0.3 is 18.9 Å². The van der Waals surface area contributed by atoms with E-state index in [4.69, 9.17) is 9.79 Å². The Bertz CT molecular complexity index is 1700. The first-order valence-corrected chi connectivity index (χ1v) is 15.3. The van der Waals surface area contributed by atoms with Crippen LogP contribution >= 0.6 is 23.5 Å². The predicted molar refractivity (Wildman–Crippen MR) is 142 cm³/mol. The summed E-state index contributed by atoms with van der Waals surface area (Å²) in [6, 6.07) is 18.7. The van der Waals surface area contributed by atoms with Gasteiger partial charge in [-0.2, -0.15) is 8.78 Å². The predicted octanol–water partition coefficient (Wildman–Crippen LogP) is 4.81. The van der Waals surface area contributed by atoms with E-state index >= 15 is 0 Å². The number of benzene rings is 3. The molecule has 0 bridgehead atoms. The molecule has 13 heteroatoms. The van der Waals surface area contributed by atoms with Gasteiger partial charge in [0.05, 0.1) is 23.7 Å². The number of imidazole rings is 1. The van der Waals surface area contributed by atoms with Gasteiger partial charge in [0.1, 0.15) is 0 Å². The van der Waals surface area contributed by atoms with E-state index in [0.29, 0.717) is 16.8 Å². The first-order chi connectivity index (χ1) is 17.7. The van der Waals surface area contributed by atoms with Crippen LogP contribution in [0.2, 0.25) is 0 Å². The van der Waals surface area contributed by atoms with Crippen LogP contribution in [0.3, 0.4) is 0 Å². The van der Waals surface area contributed by atoms with Gasteiger partial charge in [0, 0.05) is 22.5 Å². The molecule has 1 aromatic heterocycles. The molecule has 4 rings (SSSR count). The number of halogens is 3. The molecule has 200 valence electrons. The molecule has 1 heterocycles. The lowest BCUT2D eigenvalue weighted by Gasteiger charge is -2.19. The Kier molecular flexibility index (Phi) is 7.66. The van der Waals surface area contributed by atoms with Crippen molar-refractivity contribution in [1.29, 1.82) is 0 Å². The van der Waals surface area contributed by atoms with E-state index in [9.17, 15) is 26.6 Å². The summed E-state index contributed by atoms with van der Waals surface area (Å²) in [5.41, 5.74) is -3.35. The zero-order valence-electron chi connectivity index (χ0n) is 19.8. The van der Waals surface area contributed by atoms with Crippen LogP contribution in [0.15, 0.2) is 93.2 Å². The van der Waals surface area contributed by atoms with Gasteiger partial charge in [0.2, 0.25) is 0 Å². The van der Waals surface area contributed by atoms with Crippen LogP contribution in [0.25, 0.3) is 11.3 Å². The molecule has 8 nitrogen and oxygen atoms in total. The molecule has 4 aromatic rings. The summed E-state index contributed by atoms with van der Waals surface area (Å²) in [6.45, 7) is 0.211. The standard InChI is InChI=1S/C25H22BrF2N2O6PS/c1-38(35,36)20-10-8-19(9-11-20)23-16-29(14-17-5-3-2-4-6-17)24(31)30(23)15-18-7-12-21(22(26)13-18)25(27,28)37(32,33)34/h2-13,16H,14-15H2,1H3,(H2,32,33,34). The summed E-state index contributed by atoms with van der Waals surface area (Å²) in [6.07, 6.45) is 2.72. The highest BCUT2D eigenvalue weighted by molar-refractivity contribution is 9.10. The number of alkyl halides is 2. The average Bonchev–Trinajstić information content (AvgIpc) is 3.13. The monoisotopic (exact) mass is 626 g/mol. The number of rotatable bonds is 8. The number of nitrogens with zero attached hydrogens (tertiary/aromatic N) is 2. The summed E-state index contributed by atoms with van der Waals surface area (Å²) in [7, 11) is -9.20. The van der Waals surface area contributed by atoms with Gasteiger partial charge in [-0.05, 0) is 34.9 Å². The molecular weight excluding hydrogens is 605 g/mol. The van der Waals surface area contributed by atoms with Crippen LogP contribution in [0.4, 0.5) is 8.78 Å². The molecule has 38 heavy (non-hydrogen) atoms. The number of hydrogen-bond acceptors (Lipinski definition) is 4. The third kappa shape index (κ3) is 5.74. The van der Waals surface area contributed by atoms with Crippen LogP contribution in [0.1, 0.15) is 16.7 Å². The molecule has 0 spiro atoms. The summed E-state index contributed by atoms with van der Waals surface area (Å²) >= 11 is 2.97. The van der Waals surface area contributed by atoms with Crippen molar-refractivity contribution in [1.82, 2.24) is 9.13 Å². The number of aromatic nitrogens is 2. The van der Waals surface area contributed by atoms with Crippen molar-refractivity contribution in [3.05, 3.63) is 111 Å². The molecule has 0 saturated carbocycles. The van der Waals surface area contributed by atoms with E-state index in [2.05, 4.69) is 15.9 Å².